The standard InChI is InChI=1S/C18H32O14/c1-5-9(22)11(24)13(26)17(29-5)31-15-6(21)4-28-8(3-20)16(15)32-18-14(27)12(25)10(23)7(2-19)30-18/h5-27H,2-4H2,1H3. The van der Waals surface area contributed by atoms with Gasteiger partial charge in [-0.1, -0.05) is 0 Å². The molecule has 0 aromatic carbocycles. The molecule has 9 N–H and O–H groups in total. The fraction of sp³-hybridized carbons (Fsp3) is 1.00. The zero-order valence-electron chi connectivity index (χ0n) is 17.3. The molecule has 0 radical (unpaired) electrons. The fourth-order valence-electron chi connectivity index (χ4n) is 3.95. The van der Waals surface area contributed by atoms with Crippen LogP contribution in [-0.4, -0.2) is 152 Å². The predicted molar refractivity (Wildman–Crippen MR) is 98.7 cm³/mol. The summed E-state index contributed by atoms with van der Waals surface area (Å²) in [6, 6.07) is 0. The van der Waals surface area contributed by atoms with Crippen LogP contribution in [0.1, 0.15) is 6.92 Å². The lowest BCUT2D eigenvalue weighted by molar-refractivity contribution is -0.363. The van der Waals surface area contributed by atoms with Gasteiger partial charge in [0.2, 0.25) is 0 Å². The molecule has 3 heterocycles. The highest BCUT2D eigenvalue weighted by atomic mass is 16.7. The van der Waals surface area contributed by atoms with Crippen LogP contribution in [0.5, 0.6) is 0 Å². The second kappa shape index (κ2) is 10.8. The van der Waals surface area contributed by atoms with Crippen LogP contribution in [0.15, 0.2) is 0 Å². The quantitative estimate of drug-likeness (QED) is 0.175. The van der Waals surface area contributed by atoms with E-state index in [9.17, 15) is 46.0 Å². The van der Waals surface area contributed by atoms with E-state index in [4.69, 9.17) is 23.7 Å². The minimum absolute atomic E-state index is 0.298. The molecule has 14 unspecified atom stereocenters. The first-order chi connectivity index (χ1) is 15.1. The third-order valence-corrected chi connectivity index (χ3v) is 5.97. The molecule has 14 nitrogen and oxygen atoms in total. The molecule has 32 heavy (non-hydrogen) atoms. The van der Waals surface area contributed by atoms with E-state index >= 15 is 0 Å². The third kappa shape index (κ3) is 5.08. The summed E-state index contributed by atoms with van der Waals surface area (Å²) in [5.74, 6) is 0. The number of hydrogen-bond donors (Lipinski definition) is 9. The van der Waals surface area contributed by atoms with E-state index in [1.54, 1.807) is 0 Å². The first-order valence-corrected chi connectivity index (χ1v) is 10.3. The van der Waals surface area contributed by atoms with Gasteiger partial charge >= 0.3 is 0 Å². The Labute approximate surface area is 183 Å². The first kappa shape index (κ1) is 26.1. The second-order valence-electron chi connectivity index (χ2n) is 8.20. The molecule has 3 aliphatic rings. The second-order valence-corrected chi connectivity index (χ2v) is 8.20. The van der Waals surface area contributed by atoms with Gasteiger partial charge < -0.3 is 69.6 Å². The van der Waals surface area contributed by atoms with Crippen molar-refractivity contribution in [1.29, 1.82) is 0 Å². The molecule has 0 aromatic rings. The van der Waals surface area contributed by atoms with Gasteiger partial charge in [-0.3, -0.25) is 0 Å². The molecule has 14 atom stereocenters. The summed E-state index contributed by atoms with van der Waals surface area (Å²) >= 11 is 0. The Bertz CT molecular complexity index is 594. The average Bonchev–Trinajstić information content (AvgIpc) is 2.78. The van der Waals surface area contributed by atoms with Crippen LogP contribution in [0.3, 0.4) is 0 Å². The van der Waals surface area contributed by atoms with Crippen LogP contribution >= 0.6 is 0 Å². The van der Waals surface area contributed by atoms with Crippen LogP contribution in [0.4, 0.5) is 0 Å². The van der Waals surface area contributed by atoms with Crippen LogP contribution < -0.4 is 0 Å². The van der Waals surface area contributed by atoms with Crippen molar-refractivity contribution in [2.75, 3.05) is 19.8 Å². The molecule has 0 amide bonds. The van der Waals surface area contributed by atoms with Crippen molar-refractivity contribution in [3.05, 3.63) is 0 Å². The molecular formula is C18H32O14. The SMILES string of the molecule is CC1OC(OC2C(O)COC(CO)C2OC2OC(CO)C(O)C(O)C2O)C(O)C(O)C1O. The maximum Gasteiger partial charge on any atom is 0.187 e. The lowest BCUT2D eigenvalue weighted by Crippen LogP contribution is -2.65. The molecule has 0 saturated carbocycles. The Morgan fingerprint density at radius 1 is 0.656 bits per heavy atom. The minimum atomic E-state index is -1.76. The Morgan fingerprint density at radius 3 is 1.78 bits per heavy atom. The van der Waals surface area contributed by atoms with E-state index in [1.165, 1.54) is 6.92 Å². The summed E-state index contributed by atoms with van der Waals surface area (Å²) in [6.45, 7) is -0.165. The van der Waals surface area contributed by atoms with Crippen LogP contribution in [0, 0.1) is 0 Å². The Kier molecular flexibility index (Phi) is 8.79. The number of hydrogen-bond acceptors (Lipinski definition) is 14. The van der Waals surface area contributed by atoms with Gasteiger partial charge in [-0.25, -0.2) is 0 Å². The van der Waals surface area contributed by atoms with Gasteiger partial charge in [0, 0.05) is 0 Å². The number of aliphatic hydroxyl groups is 9. The van der Waals surface area contributed by atoms with E-state index in [1.807, 2.05) is 0 Å². The van der Waals surface area contributed by atoms with Crippen molar-refractivity contribution >= 4 is 0 Å². The van der Waals surface area contributed by atoms with E-state index in [0.717, 1.165) is 0 Å². The van der Waals surface area contributed by atoms with Gasteiger partial charge in [-0.15, -0.1) is 0 Å². The summed E-state index contributed by atoms with van der Waals surface area (Å²) in [5.41, 5.74) is 0. The predicted octanol–water partition coefficient (Wildman–Crippen LogP) is -5.86. The molecule has 0 spiro atoms. The number of ether oxygens (including phenoxy) is 5. The molecule has 0 aromatic heterocycles. The van der Waals surface area contributed by atoms with Gasteiger partial charge in [0.05, 0.1) is 25.9 Å². The lowest BCUT2D eigenvalue weighted by Gasteiger charge is -2.47. The smallest absolute Gasteiger partial charge is 0.187 e. The highest BCUT2D eigenvalue weighted by Gasteiger charge is 2.51. The molecule has 0 bridgehead atoms. The van der Waals surface area contributed by atoms with Gasteiger partial charge in [0.1, 0.15) is 67.1 Å². The van der Waals surface area contributed by atoms with E-state index in [0.29, 0.717) is 0 Å². The van der Waals surface area contributed by atoms with Crippen LogP contribution in [0.25, 0.3) is 0 Å². The van der Waals surface area contributed by atoms with Crippen molar-refractivity contribution in [1.82, 2.24) is 0 Å². The van der Waals surface area contributed by atoms with Gasteiger partial charge in [-0.05, 0) is 6.92 Å². The molecule has 3 saturated heterocycles. The number of aliphatic hydroxyl groups excluding tert-OH is 9. The maximum atomic E-state index is 10.4. The average molecular weight is 472 g/mol. The molecular weight excluding hydrogens is 440 g/mol. The van der Waals surface area contributed by atoms with Crippen molar-refractivity contribution < 1.29 is 69.6 Å². The molecule has 14 heteroatoms. The molecule has 3 aliphatic heterocycles. The highest BCUT2D eigenvalue weighted by molar-refractivity contribution is 4.95. The van der Waals surface area contributed by atoms with E-state index < -0.39 is 99.0 Å². The molecule has 0 aliphatic carbocycles. The normalized spacial score (nSPS) is 52.7. The first-order valence-electron chi connectivity index (χ1n) is 10.3. The summed E-state index contributed by atoms with van der Waals surface area (Å²) in [7, 11) is 0. The minimum Gasteiger partial charge on any atom is -0.394 e. The summed E-state index contributed by atoms with van der Waals surface area (Å²) in [4.78, 5) is 0. The highest BCUT2D eigenvalue weighted by Crippen LogP contribution is 2.31. The Hall–Kier alpha value is -0.560. The number of rotatable bonds is 6. The fourth-order valence-corrected chi connectivity index (χ4v) is 3.95. The van der Waals surface area contributed by atoms with Gasteiger partial charge in [0.15, 0.2) is 12.6 Å². The zero-order valence-corrected chi connectivity index (χ0v) is 17.3. The van der Waals surface area contributed by atoms with Gasteiger partial charge in [0.25, 0.3) is 0 Å². The zero-order chi connectivity index (χ0) is 23.7. The summed E-state index contributed by atoms with van der Waals surface area (Å²) in [6.07, 6.45) is -20.2. The topological polar surface area (TPSA) is 228 Å². The lowest BCUT2D eigenvalue weighted by atomic mass is 9.96. The van der Waals surface area contributed by atoms with Crippen molar-refractivity contribution in [3.8, 4) is 0 Å². The summed E-state index contributed by atoms with van der Waals surface area (Å²) in [5, 5.41) is 89.7. The molecule has 188 valence electrons. The van der Waals surface area contributed by atoms with Crippen LogP contribution in [-0.2, 0) is 23.7 Å². The maximum absolute atomic E-state index is 10.4. The van der Waals surface area contributed by atoms with E-state index in [2.05, 4.69) is 0 Å². The molecule has 3 rings (SSSR count). The Balaban J connectivity index is 1.79. The molecule has 3 fully saturated rings. The van der Waals surface area contributed by atoms with Crippen LogP contribution in [0.2, 0.25) is 0 Å². The van der Waals surface area contributed by atoms with Crippen molar-refractivity contribution in [3.63, 3.8) is 0 Å². The Morgan fingerprint density at radius 2 is 1.19 bits per heavy atom. The van der Waals surface area contributed by atoms with E-state index in [-0.39, 0.29) is 6.61 Å². The van der Waals surface area contributed by atoms with Crippen molar-refractivity contribution in [2.45, 2.75) is 92.8 Å². The monoisotopic (exact) mass is 472 g/mol. The third-order valence-electron chi connectivity index (χ3n) is 5.97. The van der Waals surface area contributed by atoms with Crippen molar-refractivity contribution in [2.24, 2.45) is 0 Å². The summed E-state index contributed by atoms with van der Waals surface area (Å²) < 4.78 is 27.4. The largest absolute Gasteiger partial charge is 0.394 e. The van der Waals surface area contributed by atoms with Gasteiger partial charge in [-0.2, -0.15) is 0 Å².